The van der Waals surface area contributed by atoms with Crippen LogP contribution in [0.1, 0.15) is 146 Å². The Morgan fingerprint density at radius 1 is 0.352 bits per heavy atom. The highest BCUT2D eigenvalue weighted by Gasteiger charge is 2.25. The van der Waals surface area contributed by atoms with Gasteiger partial charge in [0.2, 0.25) is 0 Å². The second kappa shape index (κ2) is 42.6. The van der Waals surface area contributed by atoms with E-state index in [9.17, 15) is 14.4 Å². The fourth-order valence-corrected chi connectivity index (χ4v) is 16.2. The van der Waals surface area contributed by atoms with Gasteiger partial charge in [-0.1, -0.05) is 98.0 Å². The first-order chi connectivity index (χ1) is 68.5. The molecule has 17 aromatic heterocycles. The first-order valence-electron chi connectivity index (χ1n) is 45.1. The third kappa shape index (κ3) is 21.9. The van der Waals surface area contributed by atoms with E-state index in [0.717, 1.165) is 144 Å². The Morgan fingerprint density at radius 2 is 0.648 bits per heavy atom. The number of benzene rings is 5. The van der Waals surface area contributed by atoms with Gasteiger partial charge in [-0.15, -0.1) is 40.8 Å². The van der Waals surface area contributed by atoms with Gasteiger partial charge in [-0.3, -0.25) is 62.7 Å². The predicted molar refractivity (Wildman–Crippen MR) is 543 cm³/mol. The molecule has 0 fully saturated rings. The molecule has 0 aliphatic rings. The lowest BCUT2D eigenvalue weighted by atomic mass is 9.95. The average molecular weight is 1950 g/mol. The summed E-state index contributed by atoms with van der Waals surface area (Å²) in [4.78, 5) is 58.2. The van der Waals surface area contributed by atoms with Crippen LogP contribution in [-0.4, -0.2) is 185 Å². The molecule has 5 unspecified atom stereocenters. The van der Waals surface area contributed by atoms with Crippen LogP contribution in [0, 0.1) is 0 Å². The normalized spacial score (nSPS) is 12.5. The zero-order valence-corrected chi connectivity index (χ0v) is 81.6. The van der Waals surface area contributed by atoms with Crippen molar-refractivity contribution in [2.24, 2.45) is 46.1 Å². The number of fused-ring (bicyclic) bond motifs is 8. The molecule has 0 radical (unpaired) electrons. The lowest BCUT2D eigenvalue weighted by Gasteiger charge is -2.11. The van der Waals surface area contributed by atoms with E-state index in [0.29, 0.717) is 67.8 Å². The van der Waals surface area contributed by atoms with Gasteiger partial charge in [0.15, 0.2) is 56.3 Å². The number of nitrogens with two attached hydrogens (primary N) is 1. The lowest BCUT2D eigenvalue weighted by Crippen LogP contribution is -2.19. The van der Waals surface area contributed by atoms with E-state index in [1.165, 1.54) is 6.92 Å². The molecule has 22 aromatic rings. The Labute approximate surface area is 827 Å². The van der Waals surface area contributed by atoms with Crippen molar-refractivity contribution in [3.8, 4) is 55.6 Å². The van der Waals surface area contributed by atoms with E-state index in [4.69, 9.17) is 50.5 Å². The van der Waals surface area contributed by atoms with Crippen molar-refractivity contribution in [1.82, 2.24) is 143 Å². The van der Waals surface area contributed by atoms with E-state index in [2.05, 4.69) is 193 Å². The van der Waals surface area contributed by atoms with Crippen LogP contribution in [-0.2, 0) is 49.6 Å². The summed E-state index contributed by atoms with van der Waals surface area (Å²) in [6.07, 6.45) is 28.2. The molecule has 142 heavy (non-hydrogen) atoms. The highest BCUT2D eigenvalue weighted by atomic mass is 35.5. The number of oxime groups is 1. The molecule has 3 N–H and O–H groups in total. The predicted octanol–water partition coefficient (Wildman–Crippen LogP) is 18.1. The van der Waals surface area contributed by atoms with Crippen molar-refractivity contribution < 1.29 is 24.3 Å². The third-order valence-corrected chi connectivity index (χ3v) is 24.6. The molecule has 0 aliphatic carbocycles. The van der Waals surface area contributed by atoms with Crippen LogP contribution < -0.4 is 5.73 Å². The fraction of sp³-hybridized carbons (Fsp3) is 0.194. The van der Waals surface area contributed by atoms with Gasteiger partial charge < -0.3 is 15.7 Å². The van der Waals surface area contributed by atoms with Crippen molar-refractivity contribution >= 4 is 130 Å². The number of hydrogen-bond acceptors (Lipinski definition) is 28. The zero-order chi connectivity index (χ0) is 99.7. The number of pyridine rings is 5. The standard InChI is InChI=1S/C22H20N8O.C22H19N7O.C20H16ClN7.C18H19N3O2.C17H18N4O.C4H2Cl2N2/c1-13(22-26-25-21-7-6-19(14(2)28-31)27-30(21)22)15-4-5-20-16(8-15)9-17(10-23-20)18-11-24-29(3)12-18;1-13(22-26-25-21-7-6-19(14(2)30)27-29(21)22)15-4-5-20-16(8-15)9-17(10-23-20)18-11-24-28(3)12-18;1-12(20-25-24-19-6-5-18(21)26-28(19)20)13-3-4-17-14(7-13)8-15(9-22-17)16-10-23-27(2)11-16;1-4-23-18(22)12(2)13-5-6-17-14(7-13)8-15(9-19-17)16-10-20-21(3)11-16;1-11(17(22)7-18)12-3-4-16-13(5-12)6-14(8-19-16)15-9-20-21(2)10-15;5-3-1-2-4(6)8-7-3/h4-13,31H,1-3H3;4-13H,1-3H3;3-12H,1-2H3;5-12H,4H2,1-3H3;3-6,8-11H,7,18H2,1-2H3;1-2H/b28-14+;;;;;. The van der Waals surface area contributed by atoms with Crippen LogP contribution in [0.5, 0.6) is 0 Å². The number of esters is 1. The average Bonchev–Trinajstić information content (AvgIpc) is 1.60. The third-order valence-electron chi connectivity index (χ3n) is 24.0. The zero-order valence-electron chi connectivity index (χ0n) is 79.3. The van der Waals surface area contributed by atoms with E-state index in [-0.39, 0.29) is 53.7 Å². The number of rotatable bonds is 19. The summed E-state index contributed by atoms with van der Waals surface area (Å²) >= 11 is 16.8. The van der Waals surface area contributed by atoms with Crippen molar-refractivity contribution in [3.63, 3.8) is 0 Å². The van der Waals surface area contributed by atoms with Crippen LogP contribution in [0.25, 0.3) is 127 Å². The number of nitrogens with zero attached hydrogens (tertiary/aromatic N) is 30. The number of hydrogen-bond donors (Lipinski definition) is 2. The van der Waals surface area contributed by atoms with Gasteiger partial charge in [-0.25, -0.2) is 0 Å². The number of aryl methyl sites for hydroxylation is 5. The molecule has 39 heteroatoms. The molecule has 0 spiro atoms. The van der Waals surface area contributed by atoms with E-state index >= 15 is 0 Å². The monoisotopic (exact) mass is 1950 g/mol. The lowest BCUT2D eigenvalue weighted by molar-refractivity contribution is -0.144. The maximum atomic E-state index is 11.9. The molecule has 5 aromatic carbocycles. The number of Topliss-reactive ketones (excluding diaryl/α,β-unsaturated/α-hetero) is 2. The van der Waals surface area contributed by atoms with Crippen molar-refractivity contribution in [1.29, 1.82) is 0 Å². The quantitative estimate of drug-likeness (QED) is 0.0250. The number of ketones is 2. The second-order valence-corrected chi connectivity index (χ2v) is 35.1. The van der Waals surface area contributed by atoms with E-state index < -0.39 is 0 Å². The minimum Gasteiger partial charge on any atom is -0.466 e. The molecule has 17 heterocycles. The number of ether oxygens (including phenoxy) is 1. The molecule has 0 aliphatic heterocycles. The van der Waals surface area contributed by atoms with Crippen molar-refractivity contribution in [2.75, 3.05) is 13.2 Å². The second-order valence-electron chi connectivity index (χ2n) is 33.9. The van der Waals surface area contributed by atoms with Crippen LogP contribution >= 0.6 is 34.8 Å². The summed E-state index contributed by atoms with van der Waals surface area (Å²) in [7, 11) is 9.47. The van der Waals surface area contributed by atoms with Gasteiger partial charge in [0.25, 0.3) is 0 Å². The SMILES string of the molecule is C/C(=N\O)c1ccc2nnc(C(C)c3ccc4ncc(-c5cnn(C)c5)cc4c3)n2n1.CC(=O)c1ccc2nnc(C(C)c3ccc4ncc(-c5cnn(C)c5)cc4c3)n2n1.CC(C(=O)CN)c1ccc2ncc(-c3cnn(C)c3)cc2c1.CC(c1ccc2ncc(-c3cnn(C)c3)cc2c1)c1nnc2ccc(Cl)nn12.CCOC(=O)C(C)c1ccc2ncc(-c3cnn(C)c3)cc2c1.Clc1ccc(Cl)nn1. The molecule has 22 rings (SSSR count). The summed E-state index contributed by atoms with van der Waals surface area (Å²) < 4.78 is 19.0. The molecule has 5 atom stereocenters. The minimum absolute atomic E-state index is 0.00702. The van der Waals surface area contributed by atoms with Gasteiger partial charge >= 0.3 is 5.97 Å². The Bertz CT molecular complexity index is 8430. The van der Waals surface area contributed by atoms with Gasteiger partial charge in [0.05, 0.1) is 77.6 Å². The van der Waals surface area contributed by atoms with Crippen LogP contribution in [0.4, 0.5) is 0 Å². The minimum atomic E-state index is -0.290. The first-order valence-corrected chi connectivity index (χ1v) is 46.2. The van der Waals surface area contributed by atoms with Crippen molar-refractivity contribution in [3.05, 3.63) is 335 Å². The smallest absolute Gasteiger partial charge is 0.313 e. The summed E-state index contributed by atoms with van der Waals surface area (Å²) in [6, 6.07) is 54.5. The fourth-order valence-electron chi connectivity index (χ4n) is 15.9. The molecule has 712 valence electrons. The molecule has 0 bridgehead atoms. The summed E-state index contributed by atoms with van der Waals surface area (Å²) in [5, 5.41) is 85.6. The highest BCUT2D eigenvalue weighted by molar-refractivity contribution is 6.31. The molecular formula is C103H94Cl3N31O5. The summed E-state index contributed by atoms with van der Waals surface area (Å²) in [5.41, 5.74) is 28.7. The Kier molecular flexibility index (Phi) is 29.0. The Balaban J connectivity index is 0.000000120. The molecule has 0 saturated carbocycles. The van der Waals surface area contributed by atoms with Gasteiger partial charge in [-0.05, 0) is 188 Å². The maximum absolute atomic E-state index is 11.9. The van der Waals surface area contributed by atoms with Crippen LogP contribution in [0.3, 0.4) is 0 Å². The Hall–Kier alpha value is -17.0. The number of carbonyl (C=O) groups is 3. The molecule has 36 nitrogen and oxygen atoms in total. The molecular weight excluding hydrogens is 1860 g/mol. The topological polar surface area (TPSA) is 428 Å². The first kappa shape index (κ1) is 96.7. The van der Waals surface area contributed by atoms with E-state index in [1.54, 1.807) is 80.3 Å². The number of aromatic nitrogens is 29. The van der Waals surface area contributed by atoms with Gasteiger partial charge in [0, 0.05) is 210 Å². The maximum Gasteiger partial charge on any atom is 0.313 e. The van der Waals surface area contributed by atoms with Crippen molar-refractivity contribution in [2.45, 2.75) is 85.0 Å². The largest absolute Gasteiger partial charge is 0.466 e. The Morgan fingerprint density at radius 3 is 0.951 bits per heavy atom. The van der Waals surface area contributed by atoms with Crippen LogP contribution in [0.15, 0.2) is 268 Å². The van der Waals surface area contributed by atoms with Gasteiger partial charge in [-0.2, -0.15) is 54.3 Å². The highest BCUT2D eigenvalue weighted by Crippen LogP contribution is 2.36. The number of carbonyl (C=O) groups excluding carboxylic acids is 3. The van der Waals surface area contributed by atoms with E-state index in [1.807, 2.05) is 222 Å². The van der Waals surface area contributed by atoms with Crippen LogP contribution in [0.2, 0.25) is 15.5 Å². The molecule has 0 amide bonds. The number of halogens is 3. The summed E-state index contributed by atoms with van der Waals surface area (Å²) in [5.74, 6) is 1.25. The summed E-state index contributed by atoms with van der Waals surface area (Å²) in [6.45, 7) is 15.4. The molecule has 0 saturated heterocycles. The van der Waals surface area contributed by atoms with Gasteiger partial charge in [0.1, 0.15) is 22.3 Å².